The van der Waals surface area contributed by atoms with Crippen molar-refractivity contribution in [2.45, 2.75) is 45.6 Å². The molecule has 1 aromatic heterocycles. The molecule has 1 unspecified atom stereocenters. The van der Waals surface area contributed by atoms with Crippen molar-refractivity contribution in [2.75, 3.05) is 6.54 Å². The van der Waals surface area contributed by atoms with Crippen LogP contribution in [0.2, 0.25) is 0 Å². The summed E-state index contributed by atoms with van der Waals surface area (Å²) in [5, 5.41) is 4.64. The van der Waals surface area contributed by atoms with Crippen molar-refractivity contribution < 1.29 is 4.39 Å². The van der Waals surface area contributed by atoms with Crippen molar-refractivity contribution in [2.24, 2.45) is 0 Å². The fraction of sp³-hybridized carbons (Fsp3) is 0.471. The van der Waals surface area contributed by atoms with Gasteiger partial charge in [-0.05, 0) is 51.8 Å². The first-order valence-electron chi connectivity index (χ1n) is 7.25. The van der Waals surface area contributed by atoms with E-state index in [4.69, 9.17) is 0 Å². The molecule has 114 valence electrons. The Morgan fingerprint density at radius 2 is 1.90 bits per heavy atom. The van der Waals surface area contributed by atoms with Crippen LogP contribution in [0, 0.1) is 12.7 Å². The van der Waals surface area contributed by atoms with Gasteiger partial charge in [-0.25, -0.2) is 9.37 Å². The van der Waals surface area contributed by atoms with Gasteiger partial charge in [0.2, 0.25) is 0 Å². The number of aromatic nitrogens is 1. The number of halogens is 1. The summed E-state index contributed by atoms with van der Waals surface area (Å²) in [6.07, 6.45) is 2.88. The van der Waals surface area contributed by atoms with Gasteiger partial charge in [-0.3, -0.25) is 0 Å². The minimum Gasteiger partial charge on any atom is -0.311 e. The SMILES string of the molecule is Cc1ncc(CC(CNC(C)(C)C)c2ccc(F)cc2)s1. The summed E-state index contributed by atoms with van der Waals surface area (Å²) in [4.78, 5) is 5.60. The Balaban J connectivity index is 2.15. The molecular weight excluding hydrogens is 283 g/mol. The van der Waals surface area contributed by atoms with Crippen LogP contribution in [-0.2, 0) is 6.42 Å². The van der Waals surface area contributed by atoms with Crippen molar-refractivity contribution in [3.8, 4) is 0 Å². The predicted molar refractivity (Wildman–Crippen MR) is 87.5 cm³/mol. The third kappa shape index (κ3) is 5.21. The number of thiazole rings is 1. The Labute approximate surface area is 130 Å². The highest BCUT2D eigenvalue weighted by Crippen LogP contribution is 2.24. The summed E-state index contributed by atoms with van der Waals surface area (Å²) >= 11 is 1.73. The maximum atomic E-state index is 13.1. The molecule has 0 amide bonds. The molecule has 0 aliphatic carbocycles. The molecule has 4 heteroatoms. The molecule has 0 spiro atoms. The lowest BCUT2D eigenvalue weighted by atomic mass is 9.94. The summed E-state index contributed by atoms with van der Waals surface area (Å²) < 4.78 is 13.1. The van der Waals surface area contributed by atoms with Gasteiger partial charge in [-0.1, -0.05) is 12.1 Å². The van der Waals surface area contributed by atoms with E-state index in [2.05, 4.69) is 31.1 Å². The molecule has 0 saturated heterocycles. The number of nitrogens with one attached hydrogen (secondary N) is 1. The monoisotopic (exact) mass is 306 g/mol. The molecule has 2 nitrogen and oxygen atoms in total. The Kier molecular flexibility index (Phi) is 5.12. The number of hydrogen-bond acceptors (Lipinski definition) is 3. The van der Waals surface area contributed by atoms with Gasteiger partial charge in [0.05, 0.1) is 5.01 Å². The molecule has 0 aliphatic rings. The normalized spacial score (nSPS) is 13.4. The molecule has 2 rings (SSSR count). The summed E-state index contributed by atoms with van der Waals surface area (Å²) in [6.45, 7) is 9.36. The summed E-state index contributed by atoms with van der Waals surface area (Å²) in [5.41, 5.74) is 1.24. The first kappa shape index (κ1) is 16.1. The summed E-state index contributed by atoms with van der Waals surface area (Å²) in [5.74, 6) is 0.139. The maximum absolute atomic E-state index is 13.1. The molecule has 0 radical (unpaired) electrons. The van der Waals surface area contributed by atoms with Crippen LogP contribution in [0.5, 0.6) is 0 Å². The van der Waals surface area contributed by atoms with E-state index in [1.165, 1.54) is 22.6 Å². The van der Waals surface area contributed by atoms with Gasteiger partial charge in [0.1, 0.15) is 5.82 Å². The Hall–Kier alpha value is -1.26. The second kappa shape index (κ2) is 6.67. The van der Waals surface area contributed by atoms with E-state index in [0.717, 1.165) is 18.0 Å². The van der Waals surface area contributed by atoms with Gasteiger partial charge in [0, 0.05) is 29.1 Å². The van der Waals surface area contributed by atoms with Crippen LogP contribution in [0.25, 0.3) is 0 Å². The van der Waals surface area contributed by atoms with E-state index >= 15 is 0 Å². The van der Waals surface area contributed by atoms with Crippen molar-refractivity contribution >= 4 is 11.3 Å². The minimum atomic E-state index is -0.185. The lowest BCUT2D eigenvalue weighted by Crippen LogP contribution is -2.39. The number of benzene rings is 1. The average Bonchev–Trinajstić information content (AvgIpc) is 2.80. The van der Waals surface area contributed by atoms with Crippen LogP contribution in [0.1, 0.15) is 42.1 Å². The van der Waals surface area contributed by atoms with Crippen LogP contribution in [0.4, 0.5) is 4.39 Å². The zero-order valence-electron chi connectivity index (χ0n) is 13.1. The van der Waals surface area contributed by atoms with Crippen molar-refractivity contribution in [3.63, 3.8) is 0 Å². The highest BCUT2D eigenvalue weighted by Gasteiger charge is 2.17. The molecule has 0 fully saturated rings. The number of nitrogens with zero attached hydrogens (tertiary/aromatic N) is 1. The van der Waals surface area contributed by atoms with Gasteiger partial charge in [-0.15, -0.1) is 11.3 Å². The lowest BCUT2D eigenvalue weighted by molar-refractivity contribution is 0.405. The Morgan fingerprint density at radius 3 is 2.43 bits per heavy atom. The zero-order chi connectivity index (χ0) is 15.5. The van der Waals surface area contributed by atoms with Crippen LogP contribution in [0.3, 0.4) is 0 Å². The van der Waals surface area contributed by atoms with Gasteiger partial charge < -0.3 is 5.32 Å². The fourth-order valence-corrected chi connectivity index (χ4v) is 3.09. The number of hydrogen-bond donors (Lipinski definition) is 1. The standard InChI is InChI=1S/C17H23FN2S/c1-12-19-11-16(21-12)9-14(10-20-17(2,3)4)13-5-7-15(18)8-6-13/h5-8,11,14,20H,9-10H2,1-4H3. The third-order valence-electron chi connectivity index (χ3n) is 3.34. The molecule has 1 atom stereocenters. The van der Waals surface area contributed by atoms with Crippen LogP contribution < -0.4 is 5.32 Å². The summed E-state index contributed by atoms with van der Waals surface area (Å²) in [6, 6.07) is 6.85. The maximum Gasteiger partial charge on any atom is 0.123 e. The molecule has 1 heterocycles. The van der Waals surface area contributed by atoms with Crippen molar-refractivity contribution in [1.29, 1.82) is 0 Å². The van der Waals surface area contributed by atoms with E-state index in [0.29, 0.717) is 5.92 Å². The fourth-order valence-electron chi connectivity index (χ4n) is 2.21. The molecule has 1 N–H and O–H groups in total. The van der Waals surface area contributed by atoms with Crippen LogP contribution in [-0.4, -0.2) is 17.1 Å². The smallest absolute Gasteiger partial charge is 0.123 e. The Morgan fingerprint density at radius 1 is 1.24 bits per heavy atom. The molecule has 0 saturated carbocycles. The number of aryl methyl sites for hydroxylation is 1. The topological polar surface area (TPSA) is 24.9 Å². The summed E-state index contributed by atoms with van der Waals surface area (Å²) in [7, 11) is 0. The second-order valence-electron chi connectivity index (χ2n) is 6.43. The van der Waals surface area contributed by atoms with Gasteiger partial charge in [0.25, 0.3) is 0 Å². The van der Waals surface area contributed by atoms with E-state index in [1.807, 2.05) is 25.3 Å². The highest BCUT2D eigenvalue weighted by atomic mass is 32.1. The zero-order valence-corrected chi connectivity index (χ0v) is 13.9. The van der Waals surface area contributed by atoms with Crippen LogP contribution >= 0.6 is 11.3 Å². The largest absolute Gasteiger partial charge is 0.311 e. The molecule has 0 bridgehead atoms. The Bertz CT molecular complexity index is 569. The predicted octanol–water partition coefficient (Wildman–Crippen LogP) is 4.31. The van der Waals surface area contributed by atoms with Gasteiger partial charge >= 0.3 is 0 Å². The van der Waals surface area contributed by atoms with Gasteiger partial charge in [0.15, 0.2) is 0 Å². The quantitative estimate of drug-likeness (QED) is 0.890. The minimum absolute atomic E-state index is 0.0713. The molecule has 1 aromatic carbocycles. The lowest BCUT2D eigenvalue weighted by Gasteiger charge is -2.25. The molecule has 0 aliphatic heterocycles. The van der Waals surface area contributed by atoms with E-state index < -0.39 is 0 Å². The van der Waals surface area contributed by atoms with Crippen molar-refractivity contribution in [1.82, 2.24) is 10.3 Å². The number of rotatable bonds is 5. The molecular formula is C17H23FN2S. The first-order valence-corrected chi connectivity index (χ1v) is 8.07. The van der Waals surface area contributed by atoms with Gasteiger partial charge in [-0.2, -0.15) is 0 Å². The van der Waals surface area contributed by atoms with Crippen LogP contribution in [0.15, 0.2) is 30.5 Å². The third-order valence-corrected chi connectivity index (χ3v) is 4.27. The van der Waals surface area contributed by atoms with E-state index in [-0.39, 0.29) is 11.4 Å². The van der Waals surface area contributed by atoms with Crippen molar-refractivity contribution in [3.05, 3.63) is 51.7 Å². The molecule has 21 heavy (non-hydrogen) atoms. The second-order valence-corrected chi connectivity index (χ2v) is 7.75. The molecule has 2 aromatic rings. The highest BCUT2D eigenvalue weighted by molar-refractivity contribution is 7.11. The van der Waals surface area contributed by atoms with E-state index in [1.54, 1.807) is 11.3 Å². The first-order chi connectivity index (χ1) is 9.83. The average molecular weight is 306 g/mol. The van der Waals surface area contributed by atoms with E-state index in [9.17, 15) is 4.39 Å².